The Morgan fingerprint density at radius 2 is 2.07 bits per heavy atom. The van der Waals surface area contributed by atoms with Crippen molar-refractivity contribution < 1.29 is 14.3 Å². The van der Waals surface area contributed by atoms with Crippen molar-refractivity contribution in [2.24, 2.45) is 5.92 Å². The second kappa shape index (κ2) is 7.34. The zero-order chi connectivity index (χ0) is 19.8. The fourth-order valence-corrected chi connectivity index (χ4v) is 4.46. The number of likely N-dealkylation sites (tertiary alicyclic amines) is 1. The van der Waals surface area contributed by atoms with E-state index in [1.165, 1.54) is 24.0 Å². The van der Waals surface area contributed by atoms with E-state index in [-0.39, 0.29) is 11.5 Å². The molecule has 2 N–H and O–H groups in total. The van der Waals surface area contributed by atoms with Gasteiger partial charge in [-0.15, -0.1) is 0 Å². The number of nitrogen functional groups attached to an aromatic ring is 1. The quantitative estimate of drug-likeness (QED) is 0.863. The molecule has 5 rings (SSSR count). The van der Waals surface area contributed by atoms with E-state index in [2.05, 4.69) is 23.2 Å². The summed E-state index contributed by atoms with van der Waals surface area (Å²) in [6, 6.07) is 11.6. The number of carbonyl (C=O) groups excluding carboxylic acids is 1. The highest BCUT2D eigenvalue weighted by Crippen LogP contribution is 2.42. The Balaban J connectivity index is 1.30. The first kappa shape index (κ1) is 18.4. The minimum Gasteiger partial charge on any atom is -0.493 e. The monoisotopic (exact) mass is 393 g/mol. The minimum absolute atomic E-state index is 0.0630. The van der Waals surface area contributed by atoms with Gasteiger partial charge >= 0.3 is 0 Å². The van der Waals surface area contributed by atoms with Crippen molar-refractivity contribution in [2.45, 2.75) is 37.7 Å². The lowest BCUT2D eigenvalue weighted by atomic mass is 9.79. The first-order valence-corrected chi connectivity index (χ1v) is 10.5. The van der Waals surface area contributed by atoms with E-state index < -0.39 is 0 Å². The molecule has 3 heterocycles. The van der Waals surface area contributed by atoms with Crippen LogP contribution in [0.15, 0.2) is 36.4 Å². The van der Waals surface area contributed by atoms with Gasteiger partial charge in [-0.25, -0.2) is 4.98 Å². The number of piperidine rings is 1. The smallest absolute Gasteiger partial charge is 0.272 e. The van der Waals surface area contributed by atoms with Crippen LogP contribution in [-0.2, 0) is 16.8 Å². The third-order valence-electron chi connectivity index (χ3n) is 6.35. The molecule has 29 heavy (non-hydrogen) atoms. The van der Waals surface area contributed by atoms with Crippen LogP contribution >= 0.6 is 0 Å². The van der Waals surface area contributed by atoms with Crippen molar-refractivity contribution in [3.63, 3.8) is 0 Å². The maximum absolute atomic E-state index is 12.8. The van der Waals surface area contributed by atoms with Crippen molar-refractivity contribution in [2.75, 3.05) is 32.0 Å². The van der Waals surface area contributed by atoms with E-state index in [0.29, 0.717) is 31.2 Å². The van der Waals surface area contributed by atoms with Crippen molar-refractivity contribution in [1.82, 2.24) is 9.88 Å². The summed E-state index contributed by atoms with van der Waals surface area (Å²) >= 11 is 0. The molecule has 1 saturated carbocycles. The first-order valence-electron chi connectivity index (χ1n) is 10.5. The summed E-state index contributed by atoms with van der Waals surface area (Å²) in [6.45, 7) is 2.84. The number of nitrogens with two attached hydrogens (primary N) is 1. The molecule has 0 radical (unpaired) electrons. The van der Waals surface area contributed by atoms with E-state index in [9.17, 15) is 4.79 Å². The maximum Gasteiger partial charge on any atom is 0.272 e. The molecule has 6 nitrogen and oxygen atoms in total. The first-order chi connectivity index (χ1) is 14.1. The van der Waals surface area contributed by atoms with E-state index in [1.807, 2.05) is 4.90 Å². The molecule has 1 aromatic heterocycles. The largest absolute Gasteiger partial charge is 0.493 e. The molecule has 1 aliphatic carbocycles. The van der Waals surface area contributed by atoms with Crippen LogP contribution in [0.25, 0.3) is 0 Å². The standard InChI is InChI=1S/C23H27N3O3/c24-21-3-1-2-20(25-21)22(27)26-11-9-23(10-12-26)19-7-6-18(28-15-16-4-5-16)14-17(19)8-13-29-23/h1-3,6-7,14,16H,4-5,8-13,15H2,(H2,24,25). The molecule has 0 bridgehead atoms. The van der Waals surface area contributed by atoms with Gasteiger partial charge in [0.2, 0.25) is 0 Å². The lowest BCUT2D eigenvalue weighted by molar-refractivity contribution is -0.0935. The number of hydrogen-bond donors (Lipinski definition) is 1. The number of pyridine rings is 1. The van der Waals surface area contributed by atoms with Crippen LogP contribution in [0.5, 0.6) is 5.75 Å². The predicted molar refractivity (Wildman–Crippen MR) is 110 cm³/mol. The van der Waals surface area contributed by atoms with Crippen LogP contribution in [0, 0.1) is 5.92 Å². The number of amides is 1. The molecular formula is C23H27N3O3. The zero-order valence-electron chi connectivity index (χ0n) is 16.6. The highest BCUT2D eigenvalue weighted by atomic mass is 16.5. The fourth-order valence-electron chi connectivity index (χ4n) is 4.46. The van der Waals surface area contributed by atoms with Gasteiger partial charge in [0.05, 0.1) is 18.8 Å². The fraction of sp³-hybridized carbons (Fsp3) is 0.478. The van der Waals surface area contributed by atoms with Gasteiger partial charge in [-0.1, -0.05) is 12.1 Å². The molecule has 0 unspecified atom stereocenters. The third-order valence-corrected chi connectivity index (χ3v) is 6.35. The van der Waals surface area contributed by atoms with Gasteiger partial charge in [0, 0.05) is 13.1 Å². The average molecular weight is 393 g/mol. The van der Waals surface area contributed by atoms with Crippen LogP contribution in [0.3, 0.4) is 0 Å². The Hall–Kier alpha value is -2.60. The number of benzene rings is 1. The van der Waals surface area contributed by atoms with Crippen LogP contribution in [-0.4, -0.2) is 42.1 Å². The Morgan fingerprint density at radius 3 is 2.83 bits per heavy atom. The molecule has 1 aromatic carbocycles. The lowest BCUT2D eigenvalue weighted by Crippen LogP contribution is -2.48. The Labute approximate surface area is 171 Å². The number of carbonyl (C=O) groups is 1. The van der Waals surface area contributed by atoms with Crippen LogP contribution < -0.4 is 10.5 Å². The number of ether oxygens (including phenoxy) is 2. The van der Waals surface area contributed by atoms with E-state index in [0.717, 1.165) is 37.5 Å². The van der Waals surface area contributed by atoms with Gasteiger partial charge in [-0.3, -0.25) is 4.79 Å². The highest BCUT2D eigenvalue weighted by Gasteiger charge is 2.42. The molecule has 3 aliphatic rings. The second-order valence-electron chi connectivity index (χ2n) is 8.41. The number of hydrogen-bond acceptors (Lipinski definition) is 5. The SMILES string of the molecule is Nc1cccc(C(=O)N2CCC3(CC2)OCCc2cc(OCC4CC4)ccc23)n1. The number of fused-ring (bicyclic) bond motifs is 2. The molecule has 1 amide bonds. The van der Waals surface area contributed by atoms with Crippen molar-refractivity contribution >= 4 is 11.7 Å². The van der Waals surface area contributed by atoms with Crippen LogP contribution in [0.1, 0.15) is 47.3 Å². The topological polar surface area (TPSA) is 77.7 Å². The summed E-state index contributed by atoms with van der Waals surface area (Å²) in [4.78, 5) is 18.8. The molecule has 152 valence electrons. The van der Waals surface area contributed by atoms with Crippen molar-refractivity contribution in [3.8, 4) is 5.75 Å². The summed E-state index contributed by atoms with van der Waals surface area (Å²) in [5, 5.41) is 0. The third kappa shape index (κ3) is 3.69. The Bertz CT molecular complexity index is 917. The molecule has 1 spiro atoms. The summed E-state index contributed by atoms with van der Waals surface area (Å²) in [7, 11) is 0. The number of aromatic nitrogens is 1. The molecule has 2 aromatic rings. The lowest BCUT2D eigenvalue weighted by Gasteiger charge is -2.45. The maximum atomic E-state index is 12.8. The predicted octanol–water partition coefficient (Wildman–Crippen LogP) is 3.16. The molecular weight excluding hydrogens is 366 g/mol. The van der Waals surface area contributed by atoms with Crippen molar-refractivity contribution in [1.29, 1.82) is 0 Å². The molecule has 6 heteroatoms. The summed E-state index contributed by atoms with van der Waals surface area (Å²) in [6.07, 6.45) is 5.07. The molecule has 2 fully saturated rings. The van der Waals surface area contributed by atoms with Gasteiger partial charge in [0.25, 0.3) is 5.91 Å². The van der Waals surface area contributed by atoms with Gasteiger partial charge in [0.15, 0.2) is 0 Å². The van der Waals surface area contributed by atoms with Crippen molar-refractivity contribution in [3.05, 3.63) is 53.2 Å². The van der Waals surface area contributed by atoms with Gasteiger partial charge in [0.1, 0.15) is 17.3 Å². The molecule has 1 saturated heterocycles. The summed E-state index contributed by atoms with van der Waals surface area (Å²) < 4.78 is 12.3. The number of anilines is 1. The van der Waals surface area contributed by atoms with Crippen LogP contribution in [0.4, 0.5) is 5.82 Å². The Kier molecular flexibility index (Phi) is 4.66. The second-order valence-corrected chi connectivity index (χ2v) is 8.41. The average Bonchev–Trinajstić information content (AvgIpc) is 3.57. The number of rotatable bonds is 4. The summed E-state index contributed by atoms with van der Waals surface area (Å²) in [5.74, 6) is 2.02. The van der Waals surface area contributed by atoms with Gasteiger partial charge in [-0.2, -0.15) is 0 Å². The van der Waals surface area contributed by atoms with E-state index in [4.69, 9.17) is 15.2 Å². The van der Waals surface area contributed by atoms with E-state index >= 15 is 0 Å². The number of nitrogens with zero attached hydrogens (tertiary/aromatic N) is 2. The Morgan fingerprint density at radius 1 is 1.24 bits per heavy atom. The summed E-state index contributed by atoms with van der Waals surface area (Å²) in [5.41, 5.74) is 8.42. The highest BCUT2D eigenvalue weighted by molar-refractivity contribution is 5.92. The van der Waals surface area contributed by atoms with Gasteiger partial charge in [-0.05, 0) is 73.4 Å². The van der Waals surface area contributed by atoms with Gasteiger partial charge < -0.3 is 20.1 Å². The van der Waals surface area contributed by atoms with E-state index in [1.54, 1.807) is 18.2 Å². The normalized spacial score (nSPS) is 20.3. The van der Waals surface area contributed by atoms with Crippen LogP contribution in [0.2, 0.25) is 0 Å². The minimum atomic E-state index is -0.303. The zero-order valence-corrected chi connectivity index (χ0v) is 16.6. The molecule has 0 atom stereocenters. The molecule has 2 aliphatic heterocycles.